The van der Waals surface area contributed by atoms with Gasteiger partial charge in [0.25, 0.3) is 0 Å². The van der Waals surface area contributed by atoms with Crippen molar-refractivity contribution in [1.82, 2.24) is 4.98 Å². The lowest BCUT2D eigenvalue weighted by Crippen LogP contribution is -1.99. The van der Waals surface area contributed by atoms with Crippen molar-refractivity contribution in [2.75, 3.05) is 0 Å². The fourth-order valence-electron chi connectivity index (χ4n) is 1.99. The number of fused-ring (bicyclic) bond motifs is 1. The van der Waals surface area contributed by atoms with E-state index in [1.807, 2.05) is 29.6 Å². The number of carboxylic acids is 1. The third-order valence-corrected chi connectivity index (χ3v) is 3.79. The molecule has 0 aliphatic carbocycles. The van der Waals surface area contributed by atoms with Crippen LogP contribution in [-0.2, 0) is 0 Å². The third-order valence-electron chi connectivity index (χ3n) is 2.82. The molecule has 3 nitrogen and oxygen atoms in total. The Labute approximate surface area is 107 Å². The van der Waals surface area contributed by atoms with Crippen molar-refractivity contribution >= 4 is 27.4 Å². The van der Waals surface area contributed by atoms with Crippen LogP contribution in [0, 0.1) is 0 Å². The smallest absolute Gasteiger partial charge is 0.337 e. The van der Waals surface area contributed by atoms with Crippen LogP contribution >= 0.6 is 11.3 Å². The first-order valence-electron chi connectivity index (χ1n) is 5.41. The summed E-state index contributed by atoms with van der Waals surface area (Å²) in [6.07, 6.45) is 3.01. The van der Waals surface area contributed by atoms with Gasteiger partial charge in [0.05, 0.1) is 5.56 Å². The van der Waals surface area contributed by atoms with E-state index in [0.717, 1.165) is 21.2 Å². The lowest BCUT2D eigenvalue weighted by molar-refractivity contribution is 0.0697. The molecular formula is C14H9NO2S. The number of aromatic nitrogens is 1. The molecule has 1 aromatic carbocycles. The molecular weight excluding hydrogens is 246 g/mol. The van der Waals surface area contributed by atoms with E-state index in [4.69, 9.17) is 0 Å². The molecule has 0 fully saturated rings. The fourth-order valence-corrected chi connectivity index (χ4v) is 2.95. The Balaban J connectivity index is 2.30. The number of rotatable bonds is 2. The van der Waals surface area contributed by atoms with Crippen LogP contribution in [0.25, 0.3) is 21.2 Å². The van der Waals surface area contributed by atoms with Gasteiger partial charge in [-0.05, 0) is 17.5 Å². The lowest BCUT2D eigenvalue weighted by atomic mass is 10.0. The van der Waals surface area contributed by atoms with E-state index < -0.39 is 5.97 Å². The fraction of sp³-hybridized carbons (Fsp3) is 0. The van der Waals surface area contributed by atoms with Crippen molar-refractivity contribution < 1.29 is 9.90 Å². The highest BCUT2D eigenvalue weighted by Crippen LogP contribution is 2.35. The van der Waals surface area contributed by atoms with Gasteiger partial charge >= 0.3 is 5.97 Å². The first-order valence-corrected chi connectivity index (χ1v) is 6.29. The van der Waals surface area contributed by atoms with Crippen LogP contribution in [0.15, 0.2) is 48.1 Å². The van der Waals surface area contributed by atoms with Crippen LogP contribution in [0.5, 0.6) is 0 Å². The summed E-state index contributed by atoms with van der Waals surface area (Å²) in [6, 6.07) is 9.73. The quantitative estimate of drug-likeness (QED) is 0.760. The second-order valence-electron chi connectivity index (χ2n) is 3.87. The molecule has 0 amide bonds. The van der Waals surface area contributed by atoms with Gasteiger partial charge in [0.1, 0.15) is 0 Å². The van der Waals surface area contributed by atoms with E-state index in [-0.39, 0.29) is 5.56 Å². The minimum atomic E-state index is -0.951. The van der Waals surface area contributed by atoms with Gasteiger partial charge in [-0.3, -0.25) is 4.98 Å². The first-order chi connectivity index (χ1) is 8.77. The summed E-state index contributed by atoms with van der Waals surface area (Å²) in [5.41, 5.74) is 1.91. The number of nitrogens with zero attached hydrogens (tertiary/aromatic N) is 1. The molecule has 0 unspecified atom stereocenters. The number of hydrogen-bond donors (Lipinski definition) is 1. The minimum Gasteiger partial charge on any atom is -0.478 e. The van der Waals surface area contributed by atoms with Gasteiger partial charge in [-0.25, -0.2) is 4.79 Å². The predicted molar refractivity (Wildman–Crippen MR) is 72.0 cm³/mol. The van der Waals surface area contributed by atoms with Gasteiger partial charge in [0.15, 0.2) is 0 Å². The summed E-state index contributed by atoms with van der Waals surface area (Å²) in [5, 5.41) is 12.3. The van der Waals surface area contributed by atoms with Gasteiger partial charge in [0, 0.05) is 33.6 Å². The molecule has 0 saturated heterocycles. The van der Waals surface area contributed by atoms with Crippen LogP contribution in [0.1, 0.15) is 10.4 Å². The Bertz CT molecular complexity index is 733. The maximum absolute atomic E-state index is 11.2. The Morgan fingerprint density at radius 1 is 1.17 bits per heavy atom. The van der Waals surface area contributed by atoms with E-state index >= 15 is 0 Å². The van der Waals surface area contributed by atoms with Gasteiger partial charge < -0.3 is 5.11 Å². The summed E-state index contributed by atoms with van der Waals surface area (Å²) in [6.45, 7) is 0. The first kappa shape index (κ1) is 10.9. The van der Waals surface area contributed by atoms with Crippen LogP contribution in [0.4, 0.5) is 0 Å². The monoisotopic (exact) mass is 255 g/mol. The normalized spacial score (nSPS) is 10.7. The molecule has 88 valence electrons. The number of pyridine rings is 1. The average molecular weight is 255 g/mol. The van der Waals surface area contributed by atoms with Gasteiger partial charge in [-0.15, -0.1) is 11.3 Å². The van der Waals surface area contributed by atoms with E-state index in [1.54, 1.807) is 23.6 Å². The number of aromatic carboxylic acids is 1. The number of carboxylic acid groups (broad SMARTS) is 1. The number of thiophene rings is 1. The Morgan fingerprint density at radius 3 is 2.83 bits per heavy atom. The van der Waals surface area contributed by atoms with E-state index in [1.165, 1.54) is 6.20 Å². The molecule has 0 saturated carbocycles. The number of benzene rings is 1. The molecule has 0 aliphatic rings. The summed E-state index contributed by atoms with van der Waals surface area (Å²) in [4.78, 5) is 15.1. The largest absolute Gasteiger partial charge is 0.478 e. The zero-order valence-electron chi connectivity index (χ0n) is 9.33. The second kappa shape index (κ2) is 4.23. The van der Waals surface area contributed by atoms with Gasteiger partial charge in [-0.2, -0.15) is 0 Å². The Morgan fingerprint density at radius 2 is 2.00 bits per heavy atom. The molecule has 0 spiro atoms. The third kappa shape index (κ3) is 1.67. The Hall–Kier alpha value is -2.20. The average Bonchev–Trinajstić information content (AvgIpc) is 2.82. The molecule has 1 N–H and O–H groups in total. The van der Waals surface area contributed by atoms with Crippen molar-refractivity contribution in [3.05, 3.63) is 53.7 Å². The lowest BCUT2D eigenvalue weighted by Gasteiger charge is -2.03. The standard InChI is InChI=1S/C14H9NO2S/c16-14(17)11-7-15-6-5-9(11)12-8-18-13-4-2-1-3-10(12)13/h1-8H,(H,16,17). The molecule has 2 heterocycles. The number of hydrogen-bond acceptors (Lipinski definition) is 3. The van der Waals surface area contributed by atoms with Crippen molar-refractivity contribution in [3.8, 4) is 11.1 Å². The Kier molecular flexibility index (Phi) is 2.57. The van der Waals surface area contributed by atoms with Gasteiger partial charge in [0.2, 0.25) is 0 Å². The van der Waals surface area contributed by atoms with Crippen molar-refractivity contribution in [2.45, 2.75) is 0 Å². The summed E-state index contributed by atoms with van der Waals surface area (Å²) >= 11 is 1.62. The molecule has 0 radical (unpaired) electrons. The summed E-state index contributed by atoms with van der Waals surface area (Å²) < 4.78 is 1.15. The van der Waals surface area contributed by atoms with Crippen LogP contribution in [-0.4, -0.2) is 16.1 Å². The van der Waals surface area contributed by atoms with Gasteiger partial charge in [-0.1, -0.05) is 18.2 Å². The summed E-state index contributed by atoms with van der Waals surface area (Å²) in [5.74, 6) is -0.951. The van der Waals surface area contributed by atoms with E-state index in [0.29, 0.717) is 0 Å². The van der Waals surface area contributed by atoms with Crippen molar-refractivity contribution in [3.63, 3.8) is 0 Å². The zero-order valence-corrected chi connectivity index (χ0v) is 10.1. The molecule has 18 heavy (non-hydrogen) atoms. The van der Waals surface area contributed by atoms with Crippen molar-refractivity contribution in [2.24, 2.45) is 0 Å². The highest BCUT2D eigenvalue weighted by atomic mass is 32.1. The molecule has 0 atom stereocenters. The highest BCUT2D eigenvalue weighted by molar-refractivity contribution is 7.17. The SMILES string of the molecule is O=C(O)c1cnccc1-c1csc2ccccc12. The van der Waals surface area contributed by atoms with Crippen molar-refractivity contribution in [1.29, 1.82) is 0 Å². The number of carbonyl (C=O) groups is 1. The van der Waals surface area contributed by atoms with E-state index in [2.05, 4.69) is 4.98 Å². The zero-order chi connectivity index (χ0) is 12.5. The second-order valence-corrected chi connectivity index (χ2v) is 4.78. The summed E-state index contributed by atoms with van der Waals surface area (Å²) in [7, 11) is 0. The molecule has 2 aromatic heterocycles. The topological polar surface area (TPSA) is 50.2 Å². The molecule has 0 bridgehead atoms. The maximum Gasteiger partial charge on any atom is 0.337 e. The van der Waals surface area contributed by atoms with Crippen LogP contribution in [0.2, 0.25) is 0 Å². The van der Waals surface area contributed by atoms with Crippen LogP contribution in [0.3, 0.4) is 0 Å². The van der Waals surface area contributed by atoms with Crippen LogP contribution < -0.4 is 0 Å². The molecule has 0 aliphatic heterocycles. The molecule has 4 heteroatoms. The van der Waals surface area contributed by atoms with E-state index in [9.17, 15) is 9.90 Å². The maximum atomic E-state index is 11.2. The predicted octanol–water partition coefficient (Wildman–Crippen LogP) is 3.66. The highest BCUT2D eigenvalue weighted by Gasteiger charge is 2.14. The molecule has 3 rings (SSSR count). The minimum absolute atomic E-state index is 0.237. The molecule has 3 aromatic rings.